The predicted molar refractivity (Wildman–Crippen MR) is 58.5 cm³/mol. The Labute approximate surface area is 90.6 Å². The summed E-state index contributed by atoms with van der Waals surface area (Å²) in [7, 11) is 0. The standard InChI is InChI=1S/C11H19NO3/c1-7(2)12(8(3)4)11(15)9(5)6-10(13)14/h7-8H,5-6H2,1-4H3,(H,13,14). The first-order valence-electron chi connectivity index (χ1n) is 4.99. The highest BCUT2D eigenvalue weighted by atomic mass is 16.4. The fourth-order valence-electron chi connectivity index (χ4n) is 1.51. The molecule has 86 valence electrons. The minimum atomic E-state index is -1.03. The van der Waals surface area contributed by atoms with Crippen molar-refractivity contribution in [3.05, 3.63) is 12.2 Å². The van der Waals surface area contributed by atoms with Crippen molar-refractivity contribution in [3.8, 4) is 0 Å². The summed E-state index contributed by atoms with van der Waals surface area (Å²) in [6, 6.07) is 0.0890. The van der Waals surface area contributed by atoms with Crippen LogP contribution in [0.1, 0.15) is 34.1 Å². The van der Waals surface area contributed by atoms with Gasteiger partial charge in [-0.1, -0.05) is 6.58 Å². The van der Waals surface area contributed by atoms with Crippen LogP contribution < -0.4 is 0 Å². The summed E-state index contributed by atoms with van der Waals surface area (Å²) < 4.78 is 0. The molecule has 0 aromatic rings. The van der Waals surface area contributed by atoms with Gasteiger partial charge in [-0.05, 0) is 27.7 Å². The fraction of sp³-hybridized carbons (Fsp3) is 0.636. The maximum atomic E-state index is 11.8. The van der Waals surface area contributed by atoms with Crippen molar-refractivity contribution in [2.45, 2.75) is 46.2 Å². The summed E-state index contributed by atoms with van der Waals surface area (Å²) in [6.45, 7) is 11.1. The van der Waals surface area contributed by atoms with Crippen LogP contribution in [-0.2, 0) is 9.59 Å². The number of hydrogen-bond donors (Lipinski definition) is 1. The van der Waals surface area contributed by atoms with Gasteiger partial charge in [-0.2, -0.15) is 0 Å². The van der Waals surface area contributed by atoms with Gasteiger partial charge < -0.3 is 10.0 Å². The highest BCUT2D eigenvalue weighted by molar-refractivity contribution is 5.97. The Hall–Kier alpha value is -1.32. The molecule has 0 rings (SSSR count). The molecule has 4 nitrogen and oxygen atoms in total. The second-order valence-corrected chi connectivity index (χ2v) is 4.07. The van der Waals surface area contributed by atoms with Gasteiger partial charge in [0.25, 0.3) is 0 Å². The van der Waals surface area contributed by atoms with E-state index in [0.29, 0.717) is 0 Å². The topological polar surface area (TPSA) is 57.6 Å². The second kappa shape index (κ2) is 5.53. The zero-order chi connectivity index (χ0) is 12.2. The fourth-order valence-corrected chi connectivity index (χ4v) is 1.51. The molecule has 0 unspecified atom stereocenters. The summed E-state index contributed by atoms with van der Waals surface area (Å²) in [5.41, 5.74) is 0.130. The van der Waals surface area contributed by atoms with Crippen LogP contribution in [-0.4, -0.2) is 34.0 Å². The van der Waals surface area contributed by atoms with Gasteiger partial charge in [0.2, 0.25) is 5.91 Å². The Morgan fingerprint density at radius 1 is 1.20 bits per heavy atom. The number of hydrogen-bond acceptors (Lipinski definition) is 2. The van der Waals surface area contributed by atoms with Crippen molar-refractivity contribution in [1.82, 2.24) is 4.90 Å². The van der Waals surface area contributed by atoms with E-state index in [4.69, 9.17) is 5.11 Å². The lowest BCUT2D eigenvalue weighted by Gasteiger charge is -2.31. The van der Waals surface area contributed by atoms with Crippen LogP contribution in [0.4, 0.5) is 0 Å². The lowest BCUT2D eigenvalue weighted by molar-refractivity contribution is -0.138. The van der Waals surface area contributed by atoms with E-state index in [9.17, 15) is 9.59 Å². The SMILES string of the molecule is C=C(CC(=O)O)C(=O)N(C(C)C)C(C)C. The molecule has 1 amide bonds. The molecular formula is C11H19NO3. The van der Waals surface area contributed by atoms with E-state index in [1.54, 1.807) is 4.90 Å². The smallest absolute Gasteiger partial charge is 0.308 e. The molecular weight excluding hydrogens is 194 g/mol. The van der Waals surface area contributed by atoms with Crippen LogP contribution in [0, 0.1) is 0 Å². The van der Waals surface area contributed by atoms with Gasteiger partial charge in [0.15, 0.2) is 0 Å². The number of carboxylic acids is 1. The van der Waals surface area contributed by atoms with Crippen LogP contribution in [0.2, 0.25) is 0 Å². The molecule has 0 aromatic carbocycles. The summed E-state index contributed by atoms with van der Waals surface area (Å²) in [5, 5.41) is 8.56. The monoisotopic (exact) mass is 213 g/mol. The maximum Gasteiger partial charge on any atom is 0.308 e. The van der Waals surface area contributed by atoms with Gasteiger partial charge in [0.05, 0.1) is 6.42 Å². The van der Waals surface area contributed by atoms with E-state index in [2.05, 4.69) is 6.58 Å². The Bertz CT molecular complexity index is 261. The lowest BCUT2D eigenvalue weighted by atomic mass is 10.1. The zero-order valence-corrected chi connectivity index (χ0v) is 9.78. The Kier molecular flexibility index (Phi) is 5.05. The molecule has 0 spiro atoms. The summed E-state index contributed by atoms with van der Waals surface area (Å²) in [4.78, 5) is 23.9. The highest BCUT2D eigenvalue weighted by Gasteiger charge is 2.23. The molecule has 0 aromatic heterocycles. The second-order valence-electron chi connectivity index (χ2n) is 4.07. The van der Waals surface area contributed by atoms with Gasteiger partial charge in [-0.25, -0.2) is 0 Å². The zero-order valence-electron chi connectivity index (χ0n) is 9.78. The maximum absolute atomic E-state index is 11.8. The predicted octanol–water partition coefficient (Wildman–Crippen LogP) is 1.66. The van der Waals surface area contributed by atoms with E-state index in [-0.39, 0.29) is 30.0 Å². The Morgan fingerprint density at radius 2 is 1.60 bits per heavy atom. The van der Waals surface area contributed by atoms with E-state index >= 15 is 0 Å². The molecule has 0 saturated carbocycles. The van der Waals surface area contributed by atoms with Gasteiger partial charge in [0, 0.05) is 17.7 Å². The number of nitrogens with zero attached hydrogens (tertiary/aromatic N) is 1. The molecule has 0 fully saturated rings. The molecule has 1 N–H and O–H groups in total. The molecule has 0 heterocycles. The minimum absolute atomic E-state index is 0.0445. The van der Waals surface area contributed by atoms with Crippen molar-refractivity contribution in [2.24, 2.45) is 0 Å². The molecule has 0 saturated heterocycles. The lowest BCUT2D eigenvalue weighted by Crippen LogP contribution is -2.42. The Morgan fingerprint density at radius 3 is 1.87 bits per heavy atom. The average molecular weight is 213 g/mol. The summed E-state index contributed by atoms with van der Waals surface area (Å²) >= 11 is 0. The normalized spacial score (nSPS) is 10.5. The van der Waals surface area contributed by atoms with Crippen molar-refractivity contribution in [3.63, 3.8) is 0 Å². The highest BCUT2D eigenvalue weighted by Crippen LogP contribution is 2.12. The van der Waals surface area contributed by atoms with E-state index in [0.717, 1.165) is 0 Å². The number of carbonyl (C=O) groups excluding carboxylic acids is 1. The van der Waals surface area contributed by atoms with Gasteiger partial charge >= 0.3 is 5.97 Å². The molecule has 15 heavy (non-hydrogen) atoms. The molecule has 0 bridgehead atoms. The Balaban J connectivity index is 4.65. The number of amides is 1. The first-order chi connectivity index (χ1) is 6.77. The van der Waals surface area contributed by atoms with Crippen molar-refractivity contribution < 1.29 is 14.7 Å². The van der Waals surface area contributed by atoms with Gasteiger partial charge in [-0.3, -0.25) is 9.59 Å². The molecule has 4 heteroatoms. The van der Waals surface area contributed by atoms with Gasteiger partial charge in [-0.15, -0.1) is 0 Å². The average Bonchev–Trinajstić information content (AvgIpc) is 2.00. The number of rotatable bonds is 5. The van der Waals surface area contributed by atoms with E-state index in [1.807, 2.05) is 27.7 Å². The number of carboxylic acid groups (broad SMARTS) is 1. The van der Waals surface area contributed by atoms with Crippen molar-refractivity contribution in [1.29, 1.82) is 0 Å². The van der Waals surface area contributed by atoms with Crippen molar-refractivity contribution in [2.75, 3.05) is 0 Å². The van der Waals surface area contributed by atoms with E-state index < -0.39 is 5.97 Å². The quantitative estimate of drug-likeness (QED) is 0.707. The molecule has 0 aliphatic carbocycles. The van der Waals surface area contributed by atoms with Crippen LogP contribution in [0.25, 0.3) is 0 Å². The first-order valence-corrected chi connectivity index (χ1v) is 4.99. The van der Waals surface area contributed by atoms with Gasteiger partial charge in [0.1, 0.15) is 0 Å². The largest absolute Gasteiger partial charge is 0.481 e. The third-order valence-electron chi connectivity index (χ3n) is 2.01. The summed E-state index contributed by atoms with van der Waals surface area (Å²) in [6.07, 6.45) is -0.297. The molecule has 0 aliphatic heterocycles. The third-order valence-corrected chi connectivity index (χ3v) is 2.01. The van der Waals surface area contributed by atoms with Crippen molar-refractivity contribution >= 4 is 11.9 Å². The van der Waals surface area contributed by atoms with Crippen LogP contribution in [0.5, 0.6) is 0 Å². The number of carbonyl (C=O) groups is 2. The minimum Gasteiger partial charge on any atom is -0.481 e. The molecule has 0 atom stereocenters. The molecule has 0 aliphatic rings. The van der Waals surface area contributed by atoms with Crippen LogP contribution in [0.15, 0.2) is 12.2 Å². The van der Waals surface area contributed by atoms with E-state index in [1.165, 1.54) is 0 Å². The first kappa shape index (κ1) is 13.7. The summed E-state index contributed by atoms with van der Waals surface area (Å²) in [5.74, 6) is -1.30. The van der Waals surface area contributed by atoms with Crippen LogP contribution >= 0.6 is 0 Å². The third kappa shape index (κ3) is 4.14. The molecule has 0 radical (unpaired) electrons. The number of aliphatic carboxylic acids is 1. The van der Waals surface area contributed by atoms with Crippen LogP contribution in [0.3, 0.4) is 0 Å².